The Hall–Kier alpha value is -2.78. The van der Waals surface area contributed by atoms with Gasteiger partial charge in [0.2, 0.25) is 10.0 Å². The van der Waals surface area contributed by atoms with Gasteiger partial charge in [-0.15, -0.1) is 0 Å². The van der Waals surface area contributed by atoms with Crippen molar-refractivity contribution in [3.8, 4) is 11.8 Å². The summed E-state index contributed by atoms with van der Waals surface area (Å²) in [6, 6.07) is 15.8. The maximum absolute atomic E-state index is 11.9. The Morgan fingerprint density at radius 1 is 1.08 bits per heavy atom. The van der Waals surface area contributed by atoms with Gasteiger partial charge in [-0.05, 0) is 36.8 Å². The highest BCUT2D eigenvalue weighted by Crippen LogP contribution is 2.18. The van der Waals surface area contributed by atoms with Crippen LogP contribution in [0.4, 0.5) is 5.69 Å². The van der Waals surface area contributed by atoms with Gasteiger partial charge in [0.05, 0.1) is 12.3 Å². The molecule has 0 radical (unpaired) electrons. The number of benzene rings is 2. The van der Waals surface area contributed by atoms with E-state index in [0.29, 0.717) is 5.69 Å². The van der Waals surface area contributed by atoms with Crippen molar-refractivity contribution in [2.75, 3.05) is 11.0 Å². The van der Waals surface area contributed by atoms with Crippen LogP contribution in [-0.2, 0) is 14.8 Å². The fourth-order valence-corrected chi connectivity index (χ4v) is 2.61. The summed E-state index contributed by atoms with van der Waals surface area (Å²) >= 11 is 0. The number of anilines is 1. The van der Waals surface area contributed by atoms with Crippen LogP contribution in [0.15, 0.2) is 54.6 Å². The Morgan fingerprint density at radius 2 is 1.79 bits per heavy atom. The summed E-state index contributed by atoms with van der Waals surface area (Å²) in [7, 11) is -3.34. The standard InChI is InChI=1S/C18H18N2O3S/c1-14(16-9-6-10-17(13-16)20-24(2,22)23)19-18(21)12-11-15-7-4-3-5-8-15/h3-10,13-14,20H,1-2H3,(H,19,21)/t14-/m1/s1. The zero-order valence-electron chi connectivity index (χ0n) is 13.4. The van der Waals surface area contributed by atoms with Crippen molar-refractivity contribution >= 4 is 21.6 Å². The number of carbonyl (C=O) groups excluding carboxylic acids is 1. The highest BCUT2D eigenvalue weighted by atomic mass is 32.2. The van der Waals surface area contributed by atoms with Crippen LogP contribution in [0.2, 0.25) is 0 Å². The van der Waals surface area contributed by atoms with Gasteiger partial charge in [-0.3, -0.25) is 9.52 Å². The molecule has 0 fully saturated rings. The van der Waals surface area contributed by atoms with Crippen molar-refractivity contribution in [2.24, 2.45) is 0 Å². The molecule has 0 aliphatic heterocycles. The predicted molar refractivity (Wildman–Crippen MR) is 94.8 cm³/mol. The summed E-state index contributed by atoms with van der Waals surface area (Å²) in [6.07, 6.45) is 1.09. The number of amides is 1. The van der Waals surface area contributed by atoms with E-state index in [1.165, 1.54) is 0 Å². The highest BCUT2D eigenvalue weighted by molar-refractivity contribution is 7.92. The van der Waals surface area contributed by atoms with Crippen LogP contribution in [0.25, 0.3) is 0 Å². The van der Waals surface area contributed by atoms with E-state index in [1.54, 1.807) is 18.2 Å². The first kappa shape index (κ1) is 17.6. The Balaban J connectivity index is 2.04. The van der Waals surface area contributed by atoms with Crippen molar-refractivity contribution in [1.82, 2.24) is 5.32 Å². The third kappa shape index (κ3) is 5.78. The largest absolute Gasteiger partial charge is 0.339 e. The molecule has 0 spiro atoms. The fourth-order valence-electron chi connectivity index (χ4n) is 2.05. The van der Waals surface area contributed by atoms with Gasteiger partial charge in [-0.2, -0.15) is 0 Å². The summed E-state index contributed by atoms with van der Waals surface area (Å²) in [4.78, 5) is 11.9. The Bertz CT molecular complexity index is 881. The molecule has 0 bridgehead atoms. The fraction of sp³-hybridized carbons (Fsp3) is 0.167. The number of carbonyl (C=O) groups is 1. The van der Waals surface area contributed by atoms with Crippen molar-refractivity contribution in [2.45, 2.75) is 13.0 Å². The first-order valence-electron chi connectivity index (χ1n) is 7.29. The van der Waals surface area contributed by atoms with Crippen LogP contribution < -0.4 is 10.0 Å². The summed E-state index contributed by atoms with van der Waals surface area (Å²) in [5, 5.41) is 2.77. The lowest BCUT2D eigenvalue weighted by Crippen LogP contribution is -2.25. The van der Waals surface area contributed by atoms with Gasteiger partial charge in [0.1, 0.15) is 0 Å². The molecule has 0 unspecified atom stereocenters. The lowest BCUT2D eigenvalue weighted by Gasteiger charge is -2.13. The van der Waals surface area contributed by atoms with E-state index in [1.807, 2.05) is 43.3 Å². The Labute approximate surface area is 142 Å². The van der Waals surface area contributed by atoms with Gasteiger partial charge in [0.25, 0.3) is 5.91 Å². The third-order valence-electron chi connectivity index (χ3n) is 3.13. The lowest BCUT2D eigenvalue weighted by atomic mass is 10.1. The second-order valence-electron chi connectivity index (χ2n) is 5.31. The average Bonchev–Trinajstić information content (AvgIpc) is 2.52. The molecule has 0 aliphatic rings. The molecule has 2 aromatic rings. The topological polar surface area (TPSA) is 75.3 Å². The quantitative estimate of drug-likeness (QED) is 0.837. The highest BCUT2D eigenvalue weighted by Gasteiger charge is 2.09. The molecule has 0 heterocycles. The molecule has 2 aromatic carbocycles. The van der Waals surface area contributed by atoms with Crippen LogP contribution in [0, 0.1) is 11.8 Å². The van der Waals surface area contributed by atoms with E-state index >= 15 is 0 Å². The molecule has 24 heavy (non-hydrogen) atoms. The third-order valence-corrected chi connectivity index (χ3v) is 3.74. The zero-order chi connectivity index (χ0) is 17.6. The molecule has 6 heteroatoms. The van der Waals surface area contributed by atoms with E-state index in [-0.39, 0.29) is 6.04 Å². The number of rotatable bonds is 4. The maximum Gasteiger partial charge on any atom is 0.296 e. The van der Waals surface area contributed by atoms with Crippen LogP contribution in [-0.4, -0.2) is 20.6 Å². The number of hydrogen-bond acceptors (Lipinski definition) is 3. The minimum Gasteiger partial charge on any atom is -0.339 e. The van der Waals surface area contributed by atoms with E-state index in [2.05, 4.69) is 21.9 Å². The molecular formula is C18H18N2O3S. The molecule has 124 valence electrons. The number of sulfonamides is 1. The van der Waals surface area contributed by atoms with Gasteiger partial charge in [-0.25, -0.2) is 8.42 Å². The molecule has 2 N–H and O–H groups in total. The van der Waals surface area contributed by atoms with E-state index in [0.717, 1.165) is 17.4 Å². The first-order chi connectivity index (χ1) is 11.3. The monoisotopic (exact) mass is 342 g/mol. The predicted octanol–water partition coefficient (Wildman–Crippen LogP) is 2.29. The molecule has 0 aromatic heterocycles. The van der Waals surface area contributed by atoms with Gasteiger partial charge in [0, 0.05) is 17.2 Å². The molecule has 2 rings (SSSR count). The van der Waals surface area contributed by atoms with Crippen molar-refractivity contribution in [1.29, 1.82) is 0 Å². The second kappa shape index (κ2) is 7.66. The number of hydrogen-bond donors (Lipinski definition) is 2. The van der Waals surface area contributed by atoms with Crippen LogP contribution >= 0.6 is 0 Å². The molecule has 0 saturated heterocycles. The van der Waals surface area contributed by atoms with Gasteiger partial charge >= 0.3 is 0 Å². The van der Waals surface area contributed by atoms with Gasteiger partial charge in [-0.1, -0.05) is 36.3 Å². The smallest absolute Gasteiger partial charge is 0.296 e. The van der Waals surface area contributed by atoms with Crippen LogP contribution in [0.1, 0.15) is 24.1 Å². The Morgan fingerprint density at radius 3 is 2.46 bits per heavy atom. The van der Waals surface area contributed by atoms with E-state index in [9.17, 15) is 13.2 Å². The van der Waals surface area contributed by atoms with Crippen molar-refractivity contribution in [3.63, 3.8) is 0 Å². The van der Waals surface area contributed by atoms with Crippen molar-refractivity contribution in [3.05, 3.63) is 65.7 Å². The van der Waals surface area contributed by atoms with Crippen LogP contribution in [0.5, 0.6) is 0 Å². The van der Waals surface area contributed by atoms with Gasteiger partial charge in [0.15, 0.2) is 0 Å². The summed E-state index contributed by atoms with van der Waals surface area (Å²) in [5.74, 6) is 4.94. The molecule has 1 atom stereocenters. The molecule has 0 aliphatic carbocycles. The van der Waals surface area contributed by atoms with Crippen molar-refractivity contribution < 1.29 is 13.2 Å². The SMILES string of the molecule is C[C@@H](NC(=O)C#Cc1ccccc1)c1cccc(NS(C)(=O)=O)c1. The molecule has 0 saturated carbocycles. The maximum atomic E-state index is 11.9. The summed E-state index contributed by atoms with van der Waals surface area (Å²) in [5.41, 5.74) is 1.99. The normalized spacial score (nSPS) is 11.8. The minimum atomic E-state index is -3.34. The average molecular weight is 342 g/mol. The zero-order valence-corrected chi connectivity index (χ0v) is 14.2. The molecule has 5 nitrogen and oxygen atoms in total. The van der Waals surface area contributed by atoms with Gasteiger partial charge < -0.3 is 5.32 Å². The summed E-state index contributed by atoms with van der Waals surface area (Å²) < 4.78 is 25.0. The second-order valence-corrected chi connectivity index (χ2v) is 7.06. The van der Waals surface area contributed by atoms with E-state index < -0.39 is 15.9 Å². The minimum absolute atomic E-state index is 0.302. The number of nitrogens with one attached hydrogen (secondary N) is 2. The Kier molecular flexibility index (Phi) is 5.61. The first-order valence-corrected chi connectivity index (χ1v) is 9.18. The lowest BCUT2D eigenvalue weighted by molar-refractivity contribution is -0.116. The van der Waals surface area contributed by atoms with E-state index in [4.69, 9.17) is 0 Å². The summed E-state index contributed by atoms with van der Waals surface area (Å²) in [6.45, 7) is 1.81. The molecular weight excluding hydrogens is 324 g/mol. The molecule has 1 amide bonds. The van der Waals surface area contributed by atoms with Crippen LogP contribution in [0.3, 0.4) is 0 Å².